The maximum Gasteiger partial charge on any atom is 0.306 e. The van der Waals surface area contributed by atoms with Crippen LogP contribution >= 0.6 is 0 Å². The summed E-state index contributed by atoms with van der Waals surface area (Å²) in [6.45, 7) is 10.2. The van der Waals surface area contributed by atoms with Gasteiger partial charge in [0, 0.05) is 46.2 Å². The highest BCUT2D eigenvalue weighted by atomic mass is 16.6. The predicted molar refractivity (Wildman–Crippen MR) is 132 cm³/mol. The summed E-state index contributed by atoms with van der Waals surface area (Å²) in [5.41, 5.74) is 0.558. The number of piperidine rings is 1. The Balaban J connectivity index is 1.39. The summed E-state index contributed by atoms with van der Waals surface area (Å²) >= 11 is 0. The Morgan fingerprint density at radius 1 is 1.16 bits per heavy atom. The molecule has 4 bridgehead atoms. The molecule has 3 aliphatic carbocycles. The predicted octanol–water partition coefficient (Wildman–Crippen LogP) is 3.57. The average molecular weight is 510 g/mol. The van der Waals surface area contributed by atoms with Gasteiger partial charge in [-0.15, -0.1) is 0 Å². The lowest BCUT2D eigenvalue weighted by Gasteiger charge is -2.68. The van der Waals surface area contributed by atoms with Crippen LogP contribution in [0.15, 0.2) is 23.4 Å². The first-order valence-corrected chi connectivity index (χ1v) is 14.4. The van der Waals surface area contributed by atoms with E-state index in [1.54, 1.807) is 6.08 Å². The molecule has 200 valence electrons. The third kappa shape index (κ3) is 2.43. The number of nitrogens with zero attached hydrogens (tertiary/aromatic N) is 1. The van der Waals surface area contributed by atoms with Gasteiger partial charge in [-0.1, -0.05) is 32.4 Å². The first-order valence-electron chi connectivity index (χ1n) is 14.4. The lowest BCUT2D eigenvalue weighted by Crippen LogP contribution is -2.71. The van der Waals surface area contributed by atoms with E-state index in [0.717, 1.165) is 44.2 Å². The van der Waals surface area contributed by atoms with Gasteiger partial charge in [0.2, 0.25) is 0 Å². The van der Waals surface area contributed by atoms with Gasteiger partial charge in [0.25, 0.3) is 0 Å². The van der Waals surface area contributed by atoms with Crippen molar-refractivity contribution in [2.24, 2.45) is 45.8 Å². The van der Waals surface area contributed by atoms with E-state index in [9.17, 15) is 14.7 Å². The number of aliphatic hydroxyl groups is 1. The molecule has 5 saturated heterocycles. The zero-order valence-corrected chi connectivity index (χ0v) is 22.4. The van der Waals surface area contributed by atoms with Crippen molar-refractivity contribution < 1.29 is 28.9 Å². The number of allylic oxidation sites excluding steroid dienone is 3. The van der Waals surface area contributed by atoms with Crippen molar-refractivity contribution in [2.75, 3.05) is 19.8 Å². The van der Waals surface area contributed by atoms with Crippen LogP contribution in [0.3, 0.4) is 0 Å². The average Bonchev–Trinajstić information content (AvgIpc) is 3.43. The highest BCUT2D eigenvalue weighted by molar-refractivity contribution is 5.94. The largest absolute Gasteiger partial charge is 0.465 e. The van der Waals surface area contributed by atoms with E-state index in [0.29, 0.717) is 19.1 Å². The summed E-state index contributed by atoms with van der Waals surface area (Å²) in [6.07, 6.45) is 9.42. The molecular formula is C30H39NO6. The van der Waals surface area contributed by atoms with Gasteiger partial charge < -0.3 is 24.2 Å². The molecule has 5 aliphatic heterocycles. The molecule has 6 fully saturated rings. The molecule has 0 aromatic rings. The summed E-state index contributed by atoms with van der Waals surface area (Å²) in [6, 6.07) is 0. The van der Waals surface area contributed by atoms with Gasteiger partial charge in [-0.3, -0.25) is 9.59 Å². The molecule has 1 N–H and O–H groups in total. The number of ether oxygens (including phenoxy) is 3. The molecule has 8 aliphatic rings. The standard InChI is InChI=1S/C30H39NO6/c1-16-8-20-24(21(32)9-16)18(3)30(34)25-27(20,14-36-30)11-22-26(4,28(25)12-23(33)35-15-28)5-6-29-10-17(2)7-19(37-29)13-31(22)29/h9,11,17-20,24-25,34H,5-8,10,12-15H2,1-4H3/t17-,18+,19+,20?,24?,25+,26+,27+,28+,29-,30-/m0/s1. The molecule has 0 aromatic heterocycles. The van der Waals surface area contributed by atoms with Gasteiger partial charge in [0.15, 0.2) is 11.6 Å². The van der Waals surface area contributed by atoms with Crippen molar-refractivity contribution >= 4 is 11.8 Å². The number of ketones is 1. The van der Waals surface area contributed by atoms with Gasteiger partial charge >= 0.3 is 5.97 Å². The Labute approximate surface area is 218 Å². The lowest BCUT2D eigenvalue weighted by atomic mass is 9.37. The van der Waals surface area contributed by atoms with Crippen LogP contribution in [-0.4, -0.2) is 59.1 Å². The third-order valence-corrected chi connectivity index (χ3v) is 12.6. The second-order valence-corrected chi connectivity index (χ2v) is 14.3. The summed E-state index contributed by atoms with van der Waals surface area (Å²) < 4.78 is 19.1. The minimum absolute atomic E-state index is 0.0251. The van der Waals surface area contributed by atoms with Crippen LogP contribution in [0.1, 0.15) is 66.2 Å². The minimum atomic E-state index is -1.48. The van der Waals surface area contributed by atoms with Crippen molar-refractivity contribution in [2.45, 2.75) is 83.8 Å². The Morgan fingerprint density at radius 3 is 2.73 bits per heavy atom. The molecule has 0 aromatic carbocycles. The molecular weight excluding hydrogens is 470 g/mol. The van der Waals surface area contributed by atoms with Crippen molar-refractivity contribution in [3.05, 3.63) is 23.4 Å². The number of esters is 1. The summed E-state index contributed by atoms with van der Waals surface area (Å²) in [4.78, 5) is 29.0. The van der Waals surface area contributed by atoms with E-state index >= 15 is 0 Å². The fourth-order valence-electron chi connectivity index (χ4n) is 11.1. The maximum absolute atomic E-state index is 13.5. The number of hydrogen-bond donors (Lipinski definition) is 1. The first-order chi connectivity index (χ1) is 17.5. The van der Waals surface area contributed by atoms with E-state index in [1.807, 2.05) is 13.8 Å². The number of carbonyl (C=O) groups excluding carboxylic acids is 2. The van der Waals surface area contributed by atoms with E-state index in [-0.39, 0.29) is 59.1 Å². The van der Waals surface area contributed by atoms with Crippen molar-refractivity contribution in [3.63, 3.8) is 0 Å². The van der Waals surface area contributed by atoms with Gasteiger partial charge in [0.05, 0.1) is 25.7 Å². The summed E-state index contributed by atoms with van der Waals surface area (Å²) in [5.74, 6) is -1.88. The fourth-order valence-corrected chi connectivity index (χ4v) is 11.1. The molecule has 0 radical (unpaired) electrons. The summed E-state index contributed by atoms with van der Waals surface area (Å²) in [5, 5.41) is 12.5. The zero-order valence-electron chi connectivity index (χ0n) is 22.4. The molecule has 7 heteroatoms. The molecule has 37 heavy (non-hydrogen) atoms. The minimum Gasteiger partial charge on any atom is -0.465 e. The lowest BCUT2D eigenvalue weighted by molar-refractivity contribution is -0.293. The molecule has 2 spiro atoms. The molecule has 2 unspecified atom stereocenters. The van der Waals surface area contributed by atoms with E-state index in [4.69, 9.17) is 14.2 Å². The van der Waals surface area contributed by atoms with Crippen molar-refractivity contribution in [3.8, 4) is 0 Å². The molecule has 5 heterocycles. The molecule has 0 amide bonds. The smallest absolute Gasteiger partial charge is 0.306 e. The van der Waals surface area contributed by atoms with Gasteiger partial charge in [-0.05, 0) is 56.9 Å². The first kappa shape index (κ1) is 23.2. The van der Waals surface area contributed by atoms with Crippen LogP contribution in [-0.2, 0) is 23.8 Å². The van der Waals surface area contributed by atoms with Gasteiger partial charge in [-0.2, -0.15) is 0 Å². The molecule has 7 nitrogen and oxygen atoms in total. The highest BCUT2D eigenvalue weighted by Gasteiger charge is 2.81. The zero-order chi connectivity index (χ0) is 25.8. The molecule has 11 atom stereocenters. The Hall–Kier alpha value is -1.70. The van der Waals surface area contributed by atoms with Gasteiger partial charge in [0.1, 0.15) is 5.72 Å². The monoisotopic (exact) mass is 509 g/mol. The number of fused-ring (bicyclic) bond motifs is 5. The van der Waals surface area contributed by atoms with Gasteiger partial charge in [-0.25, -0.2) is 0 Å². The Kier molecular flexibility index (Phi) is 4.21. The Bertz CT molecular complexity index is 1190. The quantitative estimate of drug-likeness (QED) is 0.500. The van der Waals surface area contributed by atoms with Crippen LogP contribution in [0.4, 0.5) is 0 Å². The molecule has 8 rings (SSSR count). The van der Waals surface area contributed by atoms with Crippen LogP contribution < -0.4 is 0 Å². The Morgan fingerprint density at radius 2 is 1.97 bits per heavy atom. The van der Waals surface area contributed by atoms with E-state index < -0.39 is 16.6 Å². The van der Waals surface area contributed by atoms with E-state index in [2.05, 4.69) is 24.8 Å². The summed E-state index contributed by atoms with van der Waals surface area (Å²) in [7, 11) is 0. The molecule has 1 saturated carbocycles. The third-order valence-electron chi connectivity index (χ3n) is 12.6. The van der Waals surface area contributed by atoms with Crippen LogP contribution in [0, 0.1) is 45.8 Å². The van der Waals surface area contributed by atoms with Crippen molar-refractivity contribution in [1.82, 2.24) is 4.90 Å². The SMILES string of the molecule is CC1=CC(=O)C2C(C1)[C@]13C=C4N5C[C@H]6C[C@H](C)C[C@]5(CC[C@@]4(C)[C@]4(COC(=O)C4)[C@@H]1[C@@](O)(OC3)[C@@H]2C)O6. The van der Waals surface area contributed by atoms with Crippen LogP contribution in [0.5, 0.6) is 0 Å². The number of carbonyl (C=O) groups is 2. The number of hydrogen-bond acceptors (Lipinski definition) is 7. The van der Waals surface area contributed by atoms with Crippen molar-refractivity contribution in [1.29, 1.82) is 0 Å². The fraction of sp³-hybridized carbons (Fsp3) is 0.800. The normalized spacial score (nSPS) is 57.3. The number of cyclic esters (lactones) is 1. The second kappa shape index (κ2) is 6.71. The van der Waals surface area contributed by atoms with Crippen LogP contribution in [0.2, 0.25) is 0 Å². The topological polar surface area (TPSA) is 85.3 Å². The highest BCUT2D eigenvalue weighted by Crippen LogP contribution is 2.78. The maximum atomic E-state index is 13.5. The second-order valence-electron chi connectivity index (χ2n) is 14.3. The number of rotatable bonds is 0. The van der Waals surface area contributed by atoms with Crippen LogP contribution in [0.25, 0.3) is 0 Å². The van der Waals surface area contributed by atoms with E-state index in [1.165, 1.54) is 5.70 Å².